The maximum atomic E-state index is 12.8. The molecule has 2 N–H and O–H groups in total. The number of hydrogen-bond donors (Lipinski definition) is 2. The number of benzene rings is 2. The van der Waals surface area contributed by atoms with Crippen molar-refractivity contribution in [2.24, 2.45) is 4.99 Å². The highest BCUT2D eigenvalue weighted by Gasteiger charge is 2.33. The predicted octanol–water partition coefficient (Wildman–Crippen LogP) is 6.27. The monoisotopic (exact) mass is 624 g/mol. The number of aliphatic imine (C=N–C) groups is 1. The van der Waals surface area contributed by atoms with Crippen molar-refractivity contribution in [1.29, 1.82) is 0 Å². The second kappa shape index (κ2) is 12.8. The van der Waals surface area contributed by atoms with Crippen LogP contribution in [0.1, 0.15) is 36.7 Å². The van der Waals surface area contributed by atoms with E-state index in [9.17, 15) is 22.8 Å². The number of amides is 3. The lowest BCUT2D eigenvalue weighted by Gasteiger charge is -2.22. The molecule has 44 heavy (non-hydrogen) atoms. The Morgan fingerprint density at radius 1 is 1.11 bits per heavy atom. The zero-order valence-corrected chi connectivity index (χ0v) is 24.6. The zero-order chi connectivity index (χ0) is 31.4. The van der Waals surface area contributed by atoms with E-state index in [1.165, 1.54) is 58.1 Å². The summed E-state index contributed by atoms with van der Waals surface area (Å²) < 4.78 is 42.4. The number of carbonyl (C=O) groups excluding carboxylic acids is 2. The lowest BCUT2D eigenvalue weighted by Crippen LogP contribution is -2.31. The molecule has 15 heteroatoms. The van der Waals surface area contributed by atoms with Gasteiger partial charge in [-0.25, -0.2) is 19.4 Å². The van der Waals surface area contributed by atoms with Gasteiger partial charge in [0.25, 0.3) is 0 Å². The number of carbonyl (C=O) groups is 2. The van der Waals surface area contributed by atoms with Crippen molar-refractivity contribution in [2.75, 3.05) is 21.3 Å². The third kappa shape index (κ3) is 7.53. The molecular weight excluding hydrogens is 597 g/mol. The lowest BCUT2D eigenvalue weighted by molar-refractivity contribution is -0.274. The van der Waals surface area contributed by atoms with Crippen LogP contribution in [0.5, 0.6) is 5.75 Å². The summed E-state index contributed by atoms with van der Waals surface area (Å²) in [6.07, 6.45) is -1.81. The van der Waals surface area contributed by atoms with E-state index in [1.54, 1.807) is 12.1 Å². The summed E-state index contributed by atoms with van der Waals surface area (Å²) in [5.41, 5.74) is 3.84. The fraction of sp³-hybridized carbons (Fsp3) is 0.241. The van der Waals surface area contributed by atoms with Gasteiger partial charge in [-0.1, -0.05) is 37.7 Å². The first-order valence-electron chi connectivity index (χ1n) is 13.4. The van der Waals surface area contributed by atoms with E-state index in [1.807, 2.05) is 39.0 Å². The minimum absolute atomic E-state index is 0.143. The second-order valence-corrected chi connectivity index (χ2v) is 10.9. The van der Waals surface area contributed by atoms with Crippen LogP contribution in [0.25, 0.3) is 5.69 Å². The zero-order valence-electron chi connectivity index (χ0n) is 23.8. The van der Waals surface area contributed by atoms with E-state index in [4.69, 9.17) is 0 Å². The van der Waals surface area contributed by atoms with Crippen molar-refractivity contribution in [3.63, 3.8) is 0 Å². The Hall–Kier alpha value is -4.92. The number of hydrogen-bond acceptors (Lipinski definition) is 8. The minimum Gasteiger partial charge on any atom is -0.406 e. The first-order valence-corrected chi connectivity index (χ1v) is 14.4. The molecule has 3 heterocycles. The first-order chi connectivity index (χ1) is 20.9. The molecule has 0 saturated carbocycles. The van der Waals surface area contributed by atoms with Gasteiger partial charge in [-0.2, -0.15) is 4.99 Å². The van der Waals surface area contributed by atoms with E-state index in [0.29, 0.717) is 22.4 Å². The van der Waals surface area contributed by atoms with Crippen molar-refractivity contribution in [3.8, 4) is 11.4 Å². The van der Waals surface area contributed by atoms with E-state index < -0.39 is 12.4 Å². The molecule has 4 aromatic rings. The molecule has 2 aromatic heterocycles. The summed E-state index contributed by atoms with van der Waals surface area (Å²) in [5.74, 6) is 0.576. The number of ether oxygens (including phenoxy) is 1. The van der Waals surface area contributed by atoms with Crippen molar-refractivity contribution in [1.82, 2.24) is 19.7 Å². The van der Waals surface area contributed by atoms with Gasteiger partial charge in [-0.15, -0.1) is 18.3 Å². The number of pyridine rings is 1. The van der Waals surface area contributed by atoms with Gasteiger partial charge in [-0.3, -0.25) is 15.0 Å². The Morgan fingerprint density at radius 2 is 1.89 bits per heavy atom. The number of rotatable bonds is 8. The fourth-order valence-corrected chi connectivity index (χ4v) is 5.16. The summed E-state index contributed by atoms with van der Waals surface area (Å²) >= 11 is 1.20. The Bertz CT molecular complexity index is 1690. The topological polar surface area (TPSA) is 127 Å². The quantitative estimate of drug-likeness (QED) is 0.235. The van der Waals surface area contributed by atoms with Crippen LogP contribution in [0.15, 0.2) is 72.1 Å². The molecule has 0 unspecified atom stereocenters. The van der Waals surface area contributed by atoms with Gasteiger partial charge in [0.15, 0.2) is 11.0 Å². The Morgan fingerprint density at radius 3 is 2.57 bits per heavy atom. The van der Waals surface area contributed by atoms with Crippen LogP contribution in [-0.4, -0.2) is 49.0 Å². The lowest BCUT2D eigenvalue weighted by atomic mass is 9.99. The molecular formula is C29H27F3N8O3S. The molecule has 3 amide bonds. The molecule has 1 fully saturated rings. The third-order valence-electron chi connectivity index (χ3n) is 6.33. The number of amidine groups is 1. The second-order valence-electron chi connectivity index (χ2n) is 9.99. The average molecular weight is 625 g/mol. The van der Waals surface area contributed by atoms with Gasteiger partial charge in [0, 0.05) is 0 Å². The van der Waals surface area contributed by atoms with E-state index in [2.05, 4.69) is 35.4 Å². The number of anilines is 3. The van der Waals surface area contributed by atoms with Crippen molar-refractivity contribution >= 4 is 46.1 Å². The number of aromatic nitrogens is 4. The number of urea groups is 1. The molecule has 0 atom stereocenters. The summed E-state index contributed by atoms with van der Waals surface area (Å²) in [5, 5.41) is 10.4. The summed E-state index contributed by atoms with van der Waals surface area (Å²) in [6, 6.07) is 13.8. The van der Waals surface area contributed by atoms with Crippen LogP contribution in [0, 0.1) is 6.92 Å². The molecule has 11 nitrogen and oxygen atoms in total. The van der Waals surface area contributed by atoms with Gasteiger partial charge < -0.3 is 10.1 Å². The Kier molecular flexibility index (Phi) is 8.85. The summed E-state index contributed by atoms with van der Waals surface area (Å²) in [6.45, 7) is 6.27. The largest absolute Gasteiger partial charge is 0.573 e. The normalized spacial score (nSPS) is 14.4. The van der Waals surface area contributed by atoms with E-state index in [-0.39, 0.29) is 35.7 Å². The summed E-state index contributed by atoms with van der Waals surface area (Å²) in [4.78, 5) is 39.6. The Labute approximate surface area is 254 Å². The maximum Gasteiger partial charge on any atom is 0.573 e. The molecule has 2 aromatic carbocycles. The highest BCUT2D eigenvalue weighted by atomic mass is 32.2. The fourth-order valence-electron chi connectivity index (χ4n) is 4.30. The van der Waals surface area contributed by atoms with Crippen molar-refractivity contribution in [3.05, 3.63) is 84.1 Å². The van der Waals surface area contributed by atoms with Crippen molar-refractivity contribution in [2.45, 2.75) is 39.6 Å². The predicted molar refractivity (Wildman–Crippen MR) is 161 cm³/mol. The van der Waals surface area contributed by atoms with Gasteiger partial charge in [0.1, 0.15) is 17.9 Å². The van der Waals surface area contributed by atoms with E-state index >= 15 is 0 Å². The molecule has 0 bridgehead atoms. The summed E-state index contributed by atoms with van der Waals surface area (Å²) in [7, 11) is 0. The minimum atomic E-state index is -4.77. The number of aryl methyl sites for hydroxylation is 1. The van der Waals surface area contributed by atoms with Crippen LogP contribution < -0.4 is 20.3 Å². The molecule has 1 aliphatic rings. The number of halogens is 3. The smallest absolute Gasteiger partial charge is 0.406 e. The van der Waals surface area contributed by atoms with Crippen molar-refractivity contribution < 1.29 is 27.5 Å². The molecule has 5 rings (SSSR count). The standard InChI is InChI=1S/C29H27F3N8O3S/c1-17(2)22-10-4-18(3)12-23(22)40-26(41)15-44-28(40)37-27(42)36-24-11-5-19(13-34-24)33-14-25-35-16-39(38-25)20-6-8-21(9-7-20)43-29(30,31)32/h4-13,16-17,33H,14-15H2,1-3H3,(H,34,36,42). The number of nitrogens with zero attached hydrogens (tertiary/aromatic N) is 6. The van der Waals surface area contributed by atoms with Crippen LogP contribution in [0.3, 0.4) is 0 Å². The third-order valence-corrected chi connectivity index (χ3v) is 7.26. The maximum absolute atomic E-state index is 12.8. The van der Waals surface area contributed by atoms with Gasteiger partial charge in [-0.05, 0) is 66.4 Å². The number of alkyl halides is 3. The Balaban J connectivity index is 1.18. The first kappa shape index (κ1) is 30.5. The van der Waals surface area contributed by atoms with Crippen LogP contribution >= 0.6 is 11.8 Å². The highest BCUT2D eigenvalue weighted by molar-refractivity contribution is 8.15. The average Bonchev–Trinajstić information content (AvgIpc) is 3.58. The molecule has 228 valence electrons. The van der Waals surface area contributed by atoms with Gasteiger partial charge in [0.05, 0.1) is 35.6 Å². The SMILES string of the molecule is Cc1ccc(C(C)C)c(N2C(=O)CSC2=NC(=O)Nc2ccc(NCc3ncn(-c4ccc(OC(F)(F)F)cc4)n3)cn2)c1. The molecule has 1 aliphatic heterocycles. The van der Waals surface area contributed by atoms with Crippen LogP contribution in [-0.2, 0) is 11.3 Å². The molecule has 0 aliphatic carbocycles. The van der Waals surface area contributed by atoms with Crippen LogP contribution in [0.2, 0.25) is 0 Å². The molecule has 1 saturated heterocycles. The number of nitrogens with one attached hydrogen (secondary N) is 2. The number of thioether (sulfide) groups is 1. The molecule has 0 radical (unpaired) electrons. The van der Waals surface area contributed by atoms with Crippen LogP contribution in [0.4, 0.5) is 35.2 Å². The van der Waals surface area contributed by atoms with E-state index in [0.717, 1.165) is 16.8 Å². The van der Waals surface area contributed by atoms with Gasteiger partial charge in [0.2, 0.25) is 5.91 Å². The van der Waals surface area contributed by atoms with Gasteiger partial charge >= 0.3 is 12.4 Å². The highest BCUT2D eigenvalue weighted by Crippen LogP contribution is 2.34. The molecule has 0 spiro atoms.